The Morgan fingerprint density at radius 3 is 2.24 bits per heavy atom. The number of carbonyl (C=O) groups excluding carboxylic acids is 1. The zero-order chi connectivity index (χ0) is 13.7. The van der Waals surface area contributed by atoms with Gasteiger partial charge in [-0.3, -0.25) is 0 Å². The van der Waals surface area contributed by atoms with Crippen molar-refractivity contribution in [3.05, 3.63) is 12.7 Å². The molecule has 8 heteroatoms. The van der Waals surface area contributed by atoms with E-state index >= 15 is 0 Å². The van der Waals surface area contributed by atoms with Crippen molar-refractivity contribution in [1.82, 2.24) is 0 Å². The number of esters is 1. The fourth-order valence-electron chi connectivity index (χ4n) is 0.889. The van der Waals surface area contributed by atoms with Crippen LogP contribution in [0.5, 0.6) is 0 Å². The van der Waals surface area contributed by atoms with Gasteiger partial charge in [-0.25, -0.2) is 9.18 Å². The maximum Gasteiger partial charge on any atom is 0.432 e. The highest BCUT2D eigenvalue weighted by molar-refractivity contribution is 5.81. The quantitative estimate of drug-likeness (QED) is 0.417. The van der Waals surface area contributed by atoms with Gasteiger partial charge in [0.25, 0.3) is 0 Å². The van der Waals surface area contributed by atoms with Crippen molar-refractivity contribution in [2.45, 2.75) is 37.7 Å². The summed E-state index contributed by atoms with van der Waals surface area (Å²) in [7, 11) is 0. The average molecular weight is 264 g/mol. The lowest BCUT2D eigenvalue weighted by Crippen LogP contribution is -2.35. The largest absolute Gasteiger partial charge is 0.432 e. The lowest BCUT2D eigenvalue weighted by atomic mass is 10.1. The maximum atomic E-state index is 12.8. The van der Waals surface area contributed by atoms with Crippen molar-refractivity contribution in [1.29, 1.82) is 0 Å². The molecule has 17 heavy (non-hydrogen) atoms. The van der Waals surface area contributed by atoms with Gasteiger partial charge in [-0.15, -0.1) is 0 Å². The molecule has 0 aliphatic carbocycles. The molecule has 0 heterocycles. The van der Waals surface area contributed by atoms with Crippen LogP contribution in [0.2, 0.25) is 0 Å². The van der Waals surface area contributed by atoms with Gasteiger partial charge in [0.15, 0.2) is 0 Å². The van der Waals surface area contributed by atoms with E-state index in [0.717, 1.165) is 0 Å². The Morgan fingerprint density at radius 1 is 1.29 bits per heavy atom. The minimum absolute atomic E-state index is 0.399. The molecule has 0 spiro atoms. The van der Waals surface area contributed by atoms with Crippen LogP contribution in [0.25, 0.3) is 0 Å². The van der Waals surface area contributed by atoms with Crippen molar-refractivity contribution in [2.24, 2.45) is 0 Å². The molecule has 0 N–H and O–H groups in total. The predicted octanol–water partition coefficient (Wildman–Crippen LogP) is 3.38. The standard InChI is InChI=1S/C9H10F6O2/c1-2-7(16)17-9(14,15)6(10)4-3-5-8(11,12)13/h2,6H,1,3-5H2. The maximum absolute atomic E-state index is 12.8. The summed E-state index contributed by atoms with van der Waals surface area (Å²) in [4.78, 5) is 10.4. The van der Waals surface area contributed by atoms with Gasteiger partial charge >= 0.3 is 18.3 Å². The highest BCUT2D eigenvalue weighted by Gasteiger charge is 2.44. The van der Waals surface area contributed by atoms with Crippen LogP contribution >= 0.6 is 0 Å². The SMILES string of the molecule is C=CC(=O)OC(F)(F)C(F)CCCC(F)(F)F. The van der Waals surface area contributed by atoms with E-state index in [1.807, 2.05) is 0 Å². The number of alkyl halides is 6. The van der Waals surface area contributed by atoms with Crippen LogP contribution in [0.3, 0.4) is 0 Å². The van der Waals surface area contributed by atoms with Crippen molar-refractivity contribution < 1.29 is 35.9 Å². The third-order valence-electron chi connectivity index (χ3n) is 1.69. The summed E-state index contributed by atoms with van der Waals surface area (Å²) in [6.45, 7) is 2.82. The molecule has 2 nitrogen and oxygen atoms in total. The van der Waals surface area contributed by atoms with Crippen LogP contribution in [0.1, 0.15) is 19.3 Å². The lowest BCUT2D eigenvalue weighted by Gasteiger charge is -2.19. The molecular weight excluding hydrogens is 254 g/mol. The zero-order valence-electron chi connectivity index (χ0n) is 8.57. The summed E-state index contributed by atoms with van der Waals surface area (Å²) in [5.41, 5.74) is 0. The predicted molar refractivity (Wildman–Crippen MR) is 46.0 cm³/mol. The number of hydrogen-bond acceptors (Lipinski definition) is 2. The Labute approximate surface area is 93.2 Å². The first-order chi connectivity index (χ1) is 7.58. The minimum Gasteiger partial charge on any atom is -0.395 e. The van der Waals surface area contributed by atoms with E-state index in [0.29, 0.717) is 6.08 Å². The minimum atomic E-state index is -4.53. The van der Waals surface area contributed by atoms with Gasteiger partial charge in [-0.2, -0.15) is 22.0 Å². The molecule has 0 amide bonds. The summed E-state index contributed by atoms with van der Waals surface area (Å²) < 4.78 is 76.6. The van der Waals surface area contributed by atoms with Crippen molar-refractivity contribution in [3.8, 4) is 0 Å². The molecule has 1 unspecified atom stereocenters. The van der Waals surface area contributed by atoms with Crippen LogP contribution in [-0.2, 0) is 9.53 Å². The second-order valence-electron chi connectivity index (χ2n) is 3.16. The molecule has 0 rings (SSSR count). The van der Waals surface area contributed by atoms with E-state index in [1.165, 1.54) is 0 Å². The number of ether oxygens (including phenoxy) is 1. The van der Waals surface area contributed by atoms with Gasteiger partial charge in [0.1, 0.15) is 0 Å². The first kappa shape index (κ1) is 15.8. The Kier molecular flexibility index (Phi) is 5.50. The molecule has 0 aliphatic heterocycles. The molecule has 0 bridgehead atoms. The fraction of sp³-hybridized carbons (Fsp3) is 0.667. The third kappa shape index (κ3) is 6.85. The zero-order valence-corrected chi connectivity index (χ0v) is 8.57. The molecule has 0 radical (unpaired) electrons. The highest BCUT2D eigenvalue weighted by atomic mass is 19.4. The fourth-order valence-corrected chi connectivity index (χ4v) is 0.889. The van der Waals surface area contributed by atoms with Crippen LogP contribution in [0.4, 0.5) is 26.3 Å². The van der Waals surface area contributed by atoms with Crippen LogP contribution < -0.4 is 0 Å². The Bertz CT molecular complexity index is 273. The number of hydrogen-bond donors (Lipinski definition) is 0. The van der Waals surface area contributed by atoms with E-state index in [-0.39, 0.29) is 0 Å². The van der Waals surface area contributed by atoms with Gasteiger partial charge in [-0.05, 0) is 12.8 Å². The van der Waals surface area contributed by atoms with Crippen molar-refractivity contribution in [3.63, 3.8) is 0 Å². The smallest absolute Gasteiger partial charge is 0.395 e. The second kappa shape index (κ2) is 5.92. The molecule has 0 saturated carbocycles. The van der Waals surface area contributed by atoms with Gasteiger partial charge in [0, 0.05) is 12.5 Å². The highest BCUT2D eigenvalue weighted by Crippen LogP contribution is 2.29. The molecule has 0 aromatic rings. The average Bonchev–Trinajstić information content (AvgIpc) is 2.14. The molecule has 1 atom stereocenters. The number of carbonyl (C=O) groups is 1. The van der Waals surface area contributed by atoms with Gasteiger partial charge in [0.05, 0.1) is 0 Å². The van der Waals surface area contributed by atoms with E-state index in [1.54, 1.807) is 0 Å². The Balaban J connectivity index is 4.15. The van der Waals surface area contributed by atoms with Crippen LogP contribution in [0, 0.1) is 0 Å². The molecule has 0 saturated heterocycles. The van der Waals surface area contributed by atoms with E-state index in [2.05, 4.69) is 11.3 Å². The molecule has 0 aliphatic rings. The third-order valence-corrected chi connectivity index (χ3v) is 1.69. The first-order valence-electron chi connectivity index (χ1n) is 4.52. The Morgan fingerprint density at radius 2 is 1.82 bits per heavy atom. The lowest BCUT2D eigenvalue weighted by molar-refractivity contribution is -0.259. The molecule has 0 aromatic heterocycles. The summed E-state index contributed by atoms with van der Waals surface area (Å²) >= 11 is 0. The topological polar surface area (TPSA) is 26.3 Å². The van der Waals surface area contributed by atoms with Crippen molar-refractivity contribution in [2.75, 3.05) is 0 Å². The van der Waals surface area contributed by atoms with Crippen LogP contribution in [-0.4, -0.2) is 24.4 Å². The number of rotatable bonds is 6. The van der Waals surface area contributed by atoms with Gasteiger partial charge in [0.2, 0.25) is 6.17 Å². The molecule has 0 aromatic carbocycles. The van der Waals surface area contributed by atoms with E-state index in [4.69, 9.17) is 0 Å². The number of halogens is 6. The normalized spacial score (nSPS) is 14.2. The summed E-state index contributed by atoms with van der Waals surface area (Å²) in [5.74, 6) is -1.55. The van der Waals surface area contributed by atoms with Gasteiger partial charge in [-0.1, -0.05) is 6.58 Å². The Hall–Kier alpha value is -1.21. The summed E-state index contributed by atoms with van der Waals surface area (Å²) in [5, 5.41) is 0. The van der Waals surface area contributed by atoms with Crippen molar-refractivity contribution >= 4 is 5.97 Å². The second-order valence-corrected chi connectivity index (χ2v) is 3.16. The van der Waals surface area contributed by atoms with Gasteiger partial charge < -0.3 is 4.74 Å². The monoisotopic (exact) mass is 264 g/mol. The first-order valence-corrected chi connectivity index (χ1v) is 4.52. The van der Waals surface area contributed by atoms with E-state index < -0.39 is 43.7 Å². The van der Waals surface area contributed by atoms with E-state index in [9.17, 15) is 31.1 Å². The summed E-state index contributed by atoms with van der Waals surface area (Å²) in [6.07, 6.45) is -14.8. The molecular formula is C9H10F6O2. The van der Waals surface area contributed by atoms with Crippen LogP contribution in [0.15, 0.2) is 12.7 Å². The summed E-state index contributed by atoms with van der Waals surface area (Å²) in [6, 6.07) is 0. The molecule has 100 valence electrons. The molecule has 0 fully saturated rings.